The fourth-order valence-corrected chi connectivity index (χ4v) is 0.589. The van der Waals surface area contributed by atoms with Crippen molar-refractivity contribution in [3.63, 3.8) is 0 Å². The number of nitrogens with one attached hydrogen (secondary N) is 1. The van der Waals surface area contributed by atoms with Crippen LogP contribution in [0.25, 0.3) is 0 Å². The number of hydrogen-bond donors (Lipinski definition) is 2. The molecule has 0 atom stereocenters. The number of pyridine rings is 1. The fraction of sp³-hybridized carbons (Fsp3) is 0. The predicted octanol–water partition coefficient (Wildman–Crippen LogP) is -0.383. The lowest BCUT2D eigenvalue weighted by atomic mass is 10.4. The van der Waals surface area contributed by atoms with Crippen LogP contribution in [0.2, 0.25) is 0 Å². The molecular weight excluding hydrogens is 146 g/mol. The standard InChI is InChI=1S/C6H7N3O2/c7-9-11-6(10)5-3-1-2-4-8-5/h1-4,9H,7H2. The Morgan fingerprint density at radius 3 is 3.00 bits per heavy atom. The monoisotopic (exact) mass is 153 g/mol. The second-order valence-electron chi connectivity index (χ2n) is 1.72. The van der Waals surface area contributed by atoms with Crippen molar-refractivity contribution in [3.8, 4) is 0 Å². The van der Waals surface area contributed by atoms with Gasteiger partial charge in [0, 0.05) is 6.20 Å². The number of carbonyl (C=O) groups excluding carboxylic acids is 1. The van der Waals surface area contributed by atoms with Crippen LogP contribution in [0.5, 0.6) is 0 Å². The van der Waals surface area contributed by atoms with E-state index < -0.39 is 5.97 Å². The third-order valence-corrected chi connectivity index (χ3v) is 1.03. The van der Waals surface area contributed by atoms with E-state index in [1.54, 1.807) is 17.7 Å². The van der Waals surface area contributed by atoms with Crippen molar-refractivity contribution in [3.05, 3.63) is 30.1 Å². The first-order valence-corrected chi connectivity index (χ1v) is 2.92. The van der Waals surface area contributed by atoms with Crippen molar-refractivity contribution >= 4 is 5.97 Å². The van der Waals surface area contributed by atoms with Crippen LogP contribution in [0.15, 0.2) is 24.4 Å². The summed E-state index contributed by atoms with van der Waals surface area (Å²) in [5, 5.41) is 0. The highest BCUT2D eigenvalue weighted by atomic mass is 16.7. The van der Waals surface area contributed by atoms with E-state index in [4.69, 9.17) is 5.84 Å². The molecule has 0 unspecified atom stereocenters. The fourth-order valence-electron chi connectivity index (χ4n) is 0.589. The van der Waals surface area contributed by atoms with Crippen molar-refractivity contribution in [1.29, 1.82) is 0 Å². The first-order valence-electron chi connectivity index (χ1n) is 2.92. The molecule has 3 N–H and O–H groups in total. The molecular formula is C6H7N3O2. The normalized spacial score (nSPS) is 9.18. The lowest BCUT2D eigenvalue weighted by Gasteiger charge is -1.97. The smallest absolute Gasteiger partial charge is 0.350 e. The van der Waals surface area contributed by atoms with E-state index in [0.29, 0.717) is 0 Å². The Morgan fingerprint density at radius 2 is 2.45 bits per heavy atom. The molecule has 1 heterocycles. The van der Waals surface area contributed by atoms with Crippen molar-refractivity contribution < 1.29 is 9.63 Å². The summed E-state index contributed by atoms with van der Waals surface area (Å²) in [7, 11) is 0. The Hall–Kier alpha value is -1.46. The van der Waals surface area contributed by atoms with Gasteiger partial charge in [0.05, 0.1) is 0 Å². The van der Waals surface area contributed by atoms with E-state index in [0.717, 1.165) is 0 Å². The molecule has 1 aromatic rings. The SMILES string of the molecule is NNOC(=O)c1ccccn1. The minimum atomic E-state index is -0.604. The van der Waals surface area contributed by atoms with E-state index in [9.17, 15) is 4.79 Å². The molecule has 58 valence electrons. The van der Waals surface area contributed by atoms with Gasteiger partial charge in [-0.2, -0.15) is 0 Å². The molecule has 0 saturated carbocycles. The Kier molecular flexibility index (Phi) is 2.53. The number of hydrazine groups is 1. The van der Waals surface area contributed by atoms with Crippen LogP contribution in [0.3, 0.4) is 0 Å². The van der Waals surface area contributed by atoms with Gasteiger partial charge in [0.25, 0.3) is 0 Å². The number of nitrogens with zero attached hydrogens (tertiary/aromatic N) is 1. The summed E-state index contributed by atoms with van der Waals surface area (Å²) in [5.74, 6) is 4.14. The summed E-state index contributed by atoms with van der Waals surface area (Å²) in [4.78, 5) is 18.8. The molecule has 0 aliphatic heterocycles. The molecule has 0 saturated heterocycles. The molecule has 0 spiro atoms. The van der Waals surface area contributed by atoms with Gasteiger partial charge in [0.15, 0.2) is 0 Å². The molecule has 0 aliphatic rings. The van der Waals surface area contributed by atoms with Crippen LogP contribution < -0.4 is 11.4 Å². The molecule has 0 aliphatic carbocycles. The largest absolute Gasteiger partial charge is 0.376 e. The van der Waals surface area contributed by atoms with E-state index in [-0.39, 0.29) is 5.69 Å². The first-order chi connectivity index (χ1) is 5.34. The molecule has 0 amide bonds. The average Bonchev–Trinajstić information content (AvgIpc) is 2.07. The summed E-state index contributed by atoms with van der Waals surface area (Å²) in [6, 6.07) is 4.91. The van der Waals surface area contributed by atoms with Gasteiger partial charge >= 0.3 is 5.97 Å². The van der Waals surface area contributed by atoms with Gasteiger partial charge in [-0.1, -0.05) is 11.7 Å². The second kappa shape index (κ2) is 3.65. The number of aromatic nitrogens is 1. The maximum Gasteiger partial charge on any atom is 0.376 e. The molecule has 0 bridgehead atoms. The van der Waals surface area contributed by atoms with E-state index in [2.05, 4.69) is 9.82 Å². The lowest BCUT2D eigenvalue weighted by molar-refractivity contribution is 0.0247. The minimum absolute atomic E-state index is 0.213. The van der Waals surface area contributed by atoms with E-state index in [1.165, 1.54) is 12.3 Å². The van der Waals surface area contributed by atoms with Crippen LogP contribution in [0.4, 0.5) is 0 Å². The Balaban J connectivity index is 2.69. The molecule has 0 radical (unpaired) electrons. The van der Waals surface area contributed by atoms with Gasteiger partial charge < -0.3 is 4.84 Å². The summed E-state index contributed by atoms with van der Waals surface area (Å²) >= 11 is 0. The number of hydrogen-bond acceptors (Lipinski definition) is 5. The highest BCUT2D eigenvalue weighted by molar-refractivity contribution is 5.86. The quantitative estimate of drug-likeness (QED) is 0.447. The highest BCUT2D eigenvalue weighted by Crippen LogP contribution is 1.93. The summed E-state index contributed by atoms with van der Waals surface area (Å²) in [6.07, 6.45) is 1.49. The van der Waals surface area contributed by atoms with Crippen LogP contribution in [0.1, 0.15) is 10.5 Å². The molecule has 5 heteroatoms. The first kappa shape index (κ1) is 7.64. The molecule has 5 nitrogen and oxygen atoms in total. The van der Waals surface area contributed by atoms with Crippen molar-refractivity contribution in [2.24, 2.45) is 5.84 Å². The minimum Gasteiger partial charge on any atom is -0.350 e. The van der Waals surface area contributed by atoms with Crippen molar-refractivity contribution in [1.82, 2.24) is 10.6 Å². The van der Waals surface area contributed by atoms with Gasteiger partial charge in [0.1, 0.15) is 5.69 Å². The summed E-state index contributed by atoms with van der Waals surface area (Å²) in [6.45, 7) is 0. The van der Waals surface area contributed by atoms with Gasteiger partial charge in [-0.3, -0.25) is 0 Å². The maximum absolute atomic E-state index is 10.8. The van der Waals surface area contributed by atoms with Gasteiger partial charge in [0.2, 0.25) is 0 Å². The predicted molar refractivity (Wildman–Crippen MR) is 37.0 cm³/mol. The number of carbonyl (C=O) groups is 1. The van der Waals surface area contributed by atoms with Gasteiger partial charge in [-0.15, -0.1) is 0 Å². The van der Waals surface area contributed by atoms with Crippen LogP contribution in [-0.4, -0.2) is 11.0 Å². The lowest BCUT2D eigenvalue weighted by Crippen LogP contribution is -2.26. The molecule has 0 fully saturated rings. The number of nitrogens with two attached hydrogens (primary N) is 1. The zero-order valence-corrected chi connectivity index (χ0v) is 5.65. The zero-order chi connectivity index (χ0) is 8.10. The van der Waals surface area contributed by atoms with Crippen molar-refractivity contribution in [2.75, 3.05) is 0 Å². The third kappa shape index (κ3) is 1.99. The molecule has 1 rings (SSSR count). The van der Waals surface area contributed by atoms with Crippen LogP contribution >= 0.6 is 0 Å². The van der Waals surface area contributed by atoms with Gasteiger partial charge in [-0.05, 0) is 12.1 Å². The Labute approximate surface area is 63.1 Å². The maximum atomic E-state index is 10.8. The van der Waals surface area contributed by atoms with E-state index in [1.807, 2.05) is 0 Å². The average molecular weight is 153 g/mol. The van der Waals surface area contributed by atoms with E-state index >= 15 is 0 Å². The molecule has 1 aromatic heterocycles. The van der Waals surface area contributed by atoms with Crippen LogP contribution in [0, 0.1) is 0 Å². The number of rotatable bonds is 2. The molecule has 0 aromatic carbocycles. The second-order valence-corrected chi connectivity index (χ2v) is 1.72. The Morgan fingerprint density at radius 1 is 1.64 bits per heavy atom. The third-order valence-electron chi connectivity index (χ3n) is 1.03. The zero-order valence-electron chi connectivity index (χ0n) is 5.65. The van der Waals surface area contributed by atoms with Gasteiger partial charge in [-0.25, -0.2) is 15.6 Å². The summed E-state index contributed by atoms with van der Waals surface area (Å²) < 4.78 is 0. The Bertz CT molecular complexity index is 237. The van der Waals surface area contributed by atoms with Crippen LogP contribution in [-0.2, 0) is 4.84 Å². The van der Waals surface area contributed by atoms with Crippen molar-refractivity contribution in [2.45, 2.75) is 0 Å². The highest BCUT2D eigenvalue weighted by Gasteiger charge is 2.05. The summed E-state index contributed by atoms with van der Waals surface area (Å²) in [5.41, 5.74) is 1.99. The topological polar surface area (TPSA) is 77.2 Å². The molecule has 11 heavy (non-hydrogen) atoms.